The quantitative estimate of drug-likeness (QED) is 0.790. The van der Waals surface area contributed by atoms with Gasteiger partial charge < -0.3 is 10.1 Å². The Balaban J connectivity index is 2.10. The molecule has 0 radical (unpaired) electrons. The van der Waals surface area contributed by atoms with Crippen LogP contribution in [0.2, 0.25) is 10.0 Å². The Morgan fingerprint density at radius 1 is 1.11 bits per heavy atom. The number of hydrogen-bond acceptors (Lipinski definition) is 2. The maximum Gasteiger partial charge on any atom is 0.137 e. The number of rotatable bonds is 4. The highest BCUT2D eigenvalue weighted by molar-refractivity contribution is 9.10. The van der Waals surface area contributed by atoms with Crippen LogP contribution < -0.4 is 10.1 Å². The van der Waals surface area contributed by atoms with Gasteiger partial charge in [-0.15, -0.1) is 0 Å². The average molecular weight is 361 g/mol. The van der Waals surface area contributed by atoms with Crippen LogP contribution in [0.5, 0.6) is 5.75 Å². The van der Waals surface area contributed by atoms with Gasteiger partial charge >= 0.3 is 0 Å². The van der Waals surface area contributed by atoms with Gasteiger partial charge in [0, 0.05) is 11.0 Å². The van der Waals surface area contributed by atoms with Crippen LogP contribution in [0.4, 0.5) is 5.69 Å². The molecule has 0 spiro atoms. The molecule has 0 heterocycles. The molecule has 0 unspecified atom stereocenters. The summed E-state index contributed by atoms with van der Waals surface area (Å²) in [5, 5.41) is 4.56. The lowest BCUT2D eigenvalue weighted by Gasteiger charge is -2.10. The van der Waals surface area contributed by atoms with Crippen LogP contribution in [0.1, 0.15) is 5.56 Å². The molecule has 0 fully saturated rings. The highest BCUT2D eigenvalue weighted by atomic mass is 79.9. The Hall–Kier alpha value is -0.900. The molecule has 2 rings (SSSR count). The molecule has 19 heavy (non-hydrogen) atoms. The maximum absolute atomic E-state index is 6.11. The monoisotopic (exact) mass is 359 g/mol. The van der Waals surface area contributed by atoms with Gasteiger partial charge in [-0.3, -0.25) is 0 Å². The molecule has 0 bridgehead atoms. The van der Waals surface area contributed by atoms with Gasteiger partial charge in [0.05, 0.1) is 22.8 Å². The normalized spacial score (nSPS) is 10.3. The van der Waals surface area contributed by atoms with Crippen molar-refractivity contribution in [2.24, 2.45) is 0 Å². The lowest BCUT2D eigenvalue weighted by molar-refractivity contribution is 0.415. The zero-order valence-corrected chi connectivity index (χ0v) is 13.3. The van der Waals surface area contributed by atoms with Crippen molar-refractivity contribution in [3.05, 3.63) is 56.5 Å². The smallest absolute Gasteiger partial charge is 0.137 e. The lowest BCUT2D eigenvalue weighted by Crippen LogP contribution is -2.00. The summed E-state index contributed by atoms with van der Waals surface area (Å²) in [5.41, 5.74) is 1.94. The van der Waals surface area contributed by atoms with E-state index in [2.05, 4.69) is 21.2 Å². The number of methoxy groups -OCH3 is 1. The zero-order valence-electron chi connectivity index (χ0n) is 10.2. The number of hydrogen-bond donors (Lipinski definition) is 1. The first kappa shape index (κ1) is 14.5. The zero-order chi connectivity index (χ0) is 13.8. The third-order valence-electron chi connectivity index (χ3n) is 2.63. The number of anilines is 1. The Morgan fingerprint density at radius 2 is 1.89 bits per heavy atom. The average Bonchev–Trinajstić information content (AvgIpc) is 2.40. The second-order valence-electron chi connectivity index (χ2n) is 3.95. The molecule has 0 saturated carbocycles. The van der Waals surface area contributed by atoms with Crippen molar-refractivity contribution >= 4 is 44.8 Å². The fourth-order valence-electron chi connectivity index (χ4n) is 1.65. The van der Waals surface area contributed by atoms with E-state index in [1.807, 2.05) is 36.4 Å². The highest BCUT2D eigenvalue weighted by Crippen LogP contribution is 2.28. The van der Waals surface area contributed by atoms with Crippen molar-refractivity contribution in [2.75, 3.05) is 12.4 Å². The van der Waals surface area contributed by atoms with E-state index in [9.17, 15) is 0 Å². The SMILES string of the molecule is COc1ccc(CNc2cc(Br)ccc2Cl)cc1Cl. The topological polar surface area (TPSA) is 21.3 Å². The third-order valence-corrected chi connectivity index (χ3v) is 3.75. The summed E-state index contributed by atoms with van der Waals surface area (Å²) in [4.78, 5) is 0. The number of halogens is 3. The molecule has 100 valence electrons. The van der Waals surface area contributed by atoms with E-state index in [4.69, 9.17) is 27.9 Å². The first-order valence-electron chi connectivity index (χ1n) is 5.61. The molecular formula is C14H12BrCl2NO. The molecule has 2 nitrogen and oxygen atoms in total. The predicted octanol–water partition coefficient (Wildman–Crippen LogP) is 5.38. The molecule has 0 atom stereocenters. The van der Waals surface area contributed by atoms with Crippen molar-refractivity contribution in [1.82, 2.24) is 0 Å². The van der Waals surface area contributed by atoms with Crippen LogP contribution in [0.15, 0.2) is 40.9 Å². The molecule has 0 aromatic heterocycles. The molecule has 0 aliphatic rings. The standard InChI is InChI=1S/C14H12BrCl2NO/c1-19-14-5-2-9(6-12(14)17)8-18-13-7-10(15)3-4-11(13)16/h2-7,18H,8H2,1H3. The summed E-state index contributed by atoms with van der Waals surface area (Å²) in [5.74, 6) is 0.672. The minimum atomic E-state index is 0.599. The van der Waals surface area contributed by atoms with Crippen molar-refractivity contribution in [1.29, 1.82) is 0 Å². The first-order valence-corrected chi connectivity index (χ1v) is 7.16. The van der Waals surface area contributed by atoms with Gasteiger partial charge in [0.2, 0.25) is 0 Å². The molecule has 5 heteroatoms. The lowest BCUT2D eigenvalue weighted by atomic mass is 10.2. The fourth-order valence-corrected chi connectivity index (χ4v) is 2.48. The van der Waals surface area contributed by atoms with Gasteiger partial charge in [-0.2, -0.15) is 0 Å². The van der Waals surface area contributed by atoms with Gasteiger partial charge in [-0.25, -0.2) is 0 Å². The summed E-state index contributed by atoms with van der Waals surface area (Å²) in [6, 6.07) is 11.4. The van der Waals surface area contributed by atoms with E-state index in [1.165, 1.54) is 0 Å². The van der Waals surface area contributed by atoms with Gasteiger partial charge in [0.25, 0.3) is 0 Å². The fraction of sp³-hybridized carbons (Fsp3) is 0.143. The van der Waals surface area contributed by atoms with Crippen LogP contribution in [0.25, 0.3) is 0 Å². The maximum atomic E-state index is 6.11. The minimum absolute atomic E-state index is 0.599. The van der Waals surface area contributed by atoms with E-state index >= 15 is 0 Å². The Kier molecular flexibility index (Phi) is 4.97. The highest BCUT2D eigenvalue weighted by Gasteiger charge is 2.04. The molecule has 0 aliphatic heterocycles. The molecule has 0 saturated heterocycles. The van der Waals surface area contributed by atoms with Crippen molar-refractivity contribution in [3.63, 3.8) is 0 Å². The minimum Gasteiger partial charge on any atom is -0.495 e. The second-order valence-corrected chi connectivity index (χ2v) is 5.68. The largest absolute Gasteiger partial charge is 0.495 e. The molecule has 0 amide bonds. The van der Waals surface area contributed by atoms with Gasteiger partial charge in [-0.05, 0) is 35.9 Å². The molecule has 2 aromatic carbocycles. The van der Waals surface area contributed by atoms with Crippen LogP contribution in [0.3, 0.4) is 0 Å². The second kappa shape index (κ2) is 6.51. The number of ether oxygens (including phenoxy) is 1. The Labute approximate surface area is 130 Å². The predicted molar refractivity (Wildman–Crippen MR) is 84.5 cm³/mol. The summed E-state index contributed by atoms with van der Waals surface area (Å²) >= 11 is 15.6. The van der Waals surface area contributed by atoms with Crippen LogP contribution in [0, 0.1) is 0 Å². The summed E-state index contributed by atoms with van der Waals surface area (Å²) in [6.45, 7) is 0.639. The molecular weight excluding hydrogens is 349 g/mol. The van der Waals surface area contributed by atoms with Crippen LogP contribution in [-0.4, -0.2) is 7.11 Å². The van der Waals surface area contributed by atoms with Gasteiger partial charge in [-0.1, -0.05) is 45.2 Å². The van der Waals surface area contributed by atoms with Crippen molar-refractivity contribution in [3.8, 4) is 5.75 Å². The number of benzene rings is 2. The van der Waals surface area contributed by atoms with Crippen LogP contribution in [-0.2, 0) is 6.54 Å². The molecule has 0 aliphatic carbocycles. The summed E-state index contributed by atoms with van der Waals surface area (Å²) in [6.07, 6.45) is 0. The molecule has 1 N–H and O–H groups in total. The van der Waals surface area contributed by atoms with Gasteiger partial charge in [0.15, 0.2) is 0 Å². The van der Waals surface area contributed by atoms with Crippen LogP contribution >= 0.6 is 39.1 Å². The summed E-state index contributed by atoms with van der Waals surface area (Å²) in [7, 11) is 1.60. The van der Waals surface area contributed by atoms with E-state index in [-0.39, 0.29) is 0 Å². The Bertz CT molecular complexity index is 590. The Morgan fingerprint density at radius 3 is 2.58 bits per heavy atom. The molecule has 2 aromatic rings. The third kappa shape index (κ3) is 3.78. The first-order chi connectivity index (χ1) is 9.10. The summed E-state index contributed by atoms with van der Waals surface area (Å²) < 4.78 is 6.10. The number of nitrogens with one attached hydrogen (secondary N) is 1. The van der Waals surface area contributed by atoms with Crippen molar-refractivity contribution < 1.29 is 4.74 Å². The van der Waals surface area contributed by atoms with Gasteiger partial charge in [0.1, 0.15) is 5.75 Å². The van der Waals surface area contributed by atoms with E-state index in [0.717, 1.165) is 15.7 Å². The van der Waals surface area contributed by atoms with E-state index < -0.39 is 0 Å². The van der Waals surface area contributed by atoms with E-state index in [0.29, 0.717) is 22.3 Å². The van der Waals surface area contributed by atoms with Crippen molar-refractivity contribution in [2.45, 2.75) is 6.54 Å². The van der Waals surface area contributed by atoms with E-state index in [1.54, 1.807) is 7.11 Å².